The van der Waals surface area contributed by atoms with E-state index in [0.717, 1.165) is 46.4 Å². The number of hydrogen-bond acceptors (Lipinski definition) is 23. The SMILES string of the molecule is CC(=O)N[C@@H](Cc1ccc(O)cc1)C(=O)N[C@@H](COC(C)=O)C(=O)N[C@@H](C)C(=O)N1CCC[C@H]1C(=O)N[C@H](C(=O)N[C@@H](COC(C)=O)C(=O)N[C@@H](COC(C)=O)C(=O)N[C@@H](COC(C)=O)C(=O)N[C@@H](CC(C)C)C(=O)N[C@@H](COC(C)=O)C(=O)N[C@H](C(N)=O)C(C)C)C(C)C. The largest absolute Gasteiger partial charge is 0.508 e. The van der Waals surface area contributed by atoms with Gasteiger partial charge in [0.2, 0.25) is 70.9 Å². The number of primary amides is 1. The highest BCUT2D eigenvalue weighted by Gasteiger charge is 2.41. The molecule has 13 N–H and O–H groups in total. The van der Waals surface area contributed by atoms with Crippen molar-refractivity contribution in [3.63, 3.8) is 0 Å². The lowest BCUT2D eigenvalue weighted by atomic mass is 10.0. The van der Waals surface area contributed by atoms with Crippen LogP contribution in [-0.2, 0) is 112 Å². The molecule has 528 valence electrons. The monoisotopic (exact) mass is 1350 g/mol. The maximum Gasteiger partial charge on any atom is 0.302 e. The maximum atomic E-state index is 14.2. The third-order valence-electron chi connectivity index (χ3n) is 13.9. The van der Waals surface area contributed by atoms with E-state index in [0.29, 0.717) is 5.56 Å². The number of benzene rings is 1. The highest BCUT2D eigenvalue weighted by molar-refractivity contribution is 6.00. The maximum absolute atomic E-state index is 14.2. The van der Waals surface area contributed by atoms with Gasteiger partial charge in [-0.3, -0.25) is 81.5 Å². The van der Waals surface area contributed by atoms with Crippen molar-refractivity contribution in [1.29, 1.82) is 0 Å². The van der Waals surface area contributed by atoms with Crippen molar-refractivity contribution in [3.8, 4) is 5.75 Å². The first-order valence-electron chi connectivity index (χ1n) is 30.4. The van der Waals surface area contributed by atoms with Crippen LogP contribution in [0.5, 0.6) is 5.75 Å². The smallest absolute Gasteiger partial charge is 0.302 e. The Kier molecular flexibility index (Phi) is 33.7. The van der Waals surface area contributed by atoms with Crippen LogP contribution in [0.1, 0.15) is 115 Å². The normalized spacial score (nSPS) is 15.7. The van der Waals surface area contributed by atoms with Gasteiger partial charge in [-0.05, 0) is 61.6 Å². The minimum Gasteiger partial charge on any atom is -0.508 e. The third kappa shape index (κ3) is 29.2. The number of nitrogens with zero attached hydrogens (tertiary/aromatic N) is 1. The highest BCUT2D eigenvalue weighted by Crippen LogP contribution is 2.20. The highest BCUT2D eigenvalue weighted by atomic mass is 16.5. The molecule has 11 atom stereocenters. The Labute approximate surface area is 548 Å². The molecular formula is C60H90N12O23. The van der Waals surface area contributed by atoms with Gasteiger partial charge >= 0.3 is 29.8 Å². The summed E-state index contributed by atoms with van der Waals surface area (Å²) in [6.07, 6.45) is 0.0858. The van der Waals surface area contributed by atoms with Gasteiger partial charge in [0.1, 0.15) is 105 Å². The Hall–Kier alpha value is -9.99. The van der Waals surface area contributed by atoms with Crippen LogP contribution in [-0.4, -0.2) is 217 Å². The molecule has 12 amide bonds. The molecule has 1 aliphatic heterocycles. The van der Waals surface area contributed by atoms with E-state index < -0.39 is 212 Å². The van der Waals surface area contributed by atoms with Crippen molar-refractivity contribution >= 4 is 101 Å². The fourth-order valence-electron chi connectivity index (χ4n) is 9.10. The van der Waals surface area contributed by atoms with Crippen LogP contribution in [0.25, 0.3) is 0 Å². The summed E-state index contributed by atoms with van der Waals surface area (Å²) in [6, 6.07) is -11.5. The standard InChI is InChI=1S/C60H90N12O23/c1-28(2)21-40(51(81)66-46(27-95-37(13)78)57(87)70-48(29(3)4)50(61)80)64-54(84)43(24-92-34(10)75)67-55(85)44(25-93-35(11)76)68-56(86)45(26-94-36(12)77)69-59(89)49(30(5)6)71-58(88)47-15-14-20-72(47)60(90)31(7)62-53(83)42(23-91-33(9)74)65-52(82)41(63-32(8)73)22-38-16-18-39(79)19-17-38/h16-19,28-31,40-49,79H,14-15,20-27H2,1-13H3,(H2,61,80)(H,62,83)(H,63,73)(H,64,84)(H,65,82)(H,66,81)(H,67,85)(H,68,86)(H,69,89)(H,70,87)(H,71,88)/t31-,40-,41-,42-,43-,44-,45-,46-,47-,48-,49-/m0/s1. The fourth-order valence-corrected chi connectivity index (χ4v) is 9.10. The fraction of sp³-hybridized carbons (Fsp3) is 0.617. The van der Waals surface area contributed by atoms with Gasteiger partial charge in [-0.2, -0.15) is 0 Å². The van der Waals surface area contributed by atoms with Crippen LogP contribution in [0, 0.1) is 17.8 Å². The van der Waals surface area contributed by atoms with Crippen LogP contribution in [0.2, 0.25) is 0 Å². The number of likely N-dealkylation sites (tertiary alicyclic amines) is 1. The van der Waals surface area contributed by atoms with Crippen molar-refractivity contribution in [1.82, 2.24) is 58.1 Å². The molecule has 2 rings (SSSR count). The van der Waals surface area contributed by atoms with Crippen molar-refractivity contribution in [3.05, 3.63) is 29.8 Å². The van der Waals surface area contributed by atoms with Crippen LogP contribution in [0.4, 0.5) is 0 Å². The van der Waals surface area contributed by atoms with E-state index in [2.05, 4.69) is 53.2 Å². The second-order valence-electron chi connectivity index (χ2n) is 23.4. The lowest BCUT2D eigenvalue weighted by Gasteiger charge is -2.31. The molecule has 35 nitrogen and oxygen atoms in total. The van der Waals surface area contributed by atoms with Gasteiger partial charge in [-0.15, -0.1) is 0 Å². The zero-order chi connectivity index (χ0) is 72.1. The molecule has 35 heteroatoms. The molecule has 0 unspecified atom stereocenters. The van der Waals surface area contributed by atoms with Crippen LogP contribution in [0.3, 0.4) is 0 Å². The number of amides is 12. The van der Waals surface area contributed by atoms with E-state index in [4.69, 9.17) is 29.4 Å². The van der Waals surface area contributed by atoms with E-state index in [9.17, 15) is 86.6 Å². The Bertz CT molecular complexity index is 2960. The predicted octanol–water partition coefficient (Wildman–Crippen LogP) is -4.53. The Morgan fingerprint density at radius 3 is 1.16 bits per heavy atom. The molecule has 1 fully saturated rings. The number of ether oxygens (including phenoxy) is 5. The van der Waals surface area contributed by atoms with Gasteiger partial charge in [0.25, 0.3) is 0 Å². The lowest BCUT2D eigenvalue weighted by molar-refractivity contribution is -0.148. The summed E-state index contributed by atoms with van der Waals surface area (Å²) < 4.78 is 25.2. The Balaban J connectivity index is 2.41. The summed E-state index contributed by atoms with van der Waals surface area (Å²) in [5.74, 6) is -18.2. The second-order valence-corrected chi connectivity index (χ2v) is 23.4. The molecule has 1 heterocycles. The molecular weight excluding hydrogens is 1260 g/mol. The van der Waals surface area contributed by atoms with Crippen LogP contribution in [0.15, 0.2) is 24.3 Å². The molecule has 0 aromatic heterocycles. The zero-order valence-electron chi connectivity index (χ0n) is 55.4. The number of phenols is 1. The van der Waals surface area contributed by atoms with E-state index in [1.165, 1.54) is 45.0 Å². The number of rotatable bonds is 37. The van der Waals surface area contributed by atoms with Gasteiger partial charge in [0.15, 0.2) is 0 Å². The van der Waals surface area contributed by atoms with Gasteiger partial charge in [-0.25, -0.2) is 0 Å². The summed E-state index contributed by atoms with van der Waals surface area (Å²) in [4.78, 5) is 225. The molecule has 1 saturated heterocycles. The van der Waals surface area contributed by atoms with Crippen molar-refractivity contribution in [2.75, 3.05) is 39.6 Å². The molecule has 0 spiro atoms. The average Bonchev–Trinajstić information content (AvgIpc) is 1.79. The van der Waals surface area contributed by atoms with E-state index in [1.54, 1.807) is 27.7 Å². The number of phenolic OH excluding ortho intramolecular Hbond substituents is 1. The average molecular weight is 1350 g/mol. The minimum atomic E-state index is -1.97. The van der Waals surface area contributed by atoms with Crippen LogP contribution >= 0.6 is 0 Å². The van der Waals surface area contributed by atoms with Crippen LogP contribution < -0.4 is 58.9 Å². The number of carbonyl (C=O) groups excluding carboxylic acids is 17. The minimum absolute atomic E-state index is 0.0145. The molecule has 1 aliphatic rings. The van der Waals surface area contributed by atoms with Crippen molar-refractivity contribution in [2.45, 2.75) is 182 Å². The first kappa shape index (κ1) is 81.1. The Morgan fingerprint density at radius 2 is 0.800 bits per heavy atom. The van der Waals surface area contributed by atoms with E-state index in [1.807, 2.05) is 0 Å². The predicted molar refractivity (Wildman–Crippen MR) is 329 cm³/mol. The third-order valence-corrected chi connectivity index (χ3v) is 13.9. The molecule has 0 saturated carbocycles. The van der Waals surface area contributed by atoms with Gasteiger partial charge in [0, 0.05) is 54.5 Å². The lowest BCUT2D eigenvalue weighted by Crippen LogP contribution is -2.63. The first-order valence-corrected chi connectivity index (χ1v) is 30.4. The molecule has 0 radical (unpaired) electrons. The summed E-state index contributed by atoms with van der Waals surface area (Å²) in [6.45, 7) is 12.7. The molecule has 1 aromatic carbocycles. The number of aromatic hydroxyl groups is 1. The summed E-state index contributed by atoms with van der Waals surface area (Å²) >= 11 is 0. The van der Waals surface area contributed by atoms with E-state index >= 15 is 0 Å². The summed E-state index contributed by atoms with van der Waals surface area (Å²) in [5, 5.41) is 33.7. The summed E-state index contributed by atoms with van der Waals surface area (Å²) in [7, 11) is 0. The van der Waals surface area contributed by atoms with Gasteiger partial charge in [-0.1, -0.05) is 53.7 Å². The summed E-state index contributed by atoms with van der Waals surface area (Å²) in [5.41, 5.74) is 5.97. The zero-order valence-corrected chi connectivity index (χ0v) is 55.4. The topological polar surface area (TPSA) is 506 Å². The number of carbonyl (C=O) groups is 17. The van der Waals surface area contributed by atoms with Crippen molar-refractivity contribution in [2.24, 2.45) is 23.5 Å². The molecule has 0 bridgehead atoms. The number of esters is 5. The molecule has 0 aliphatic carbocycles. The number of nitrogens with one attached hydrogen (secondary N) is 10. The number of hydrogen-bond donors (Lipinski definition) is 12. The molecule has 1 aromatic rings. The van der Waals surface area contributed by atoms with Crippen molar-refractivity contribution < 1.29 is 110 Å². The van der Waals surface area contributed by atoms with Gasteiger partial charge < -0.3 is 92.6 Å². The van der Waals surface area contributed by atoms with Gasteiger partial charge in [0.05, 0.1) is 0 Å². The quantitative estimate of drug-likeness (QED) is 0.0221. The molecule has 95 heavy (non-hydrogen) atoms. The number of nitrogens with two attached hydrogens (primary N) is 1. The Morgan fingerprint density at radius 1 is 0.453 bits per heavy atom. The van der Waals surface area contributed by atoms with E-state index in [-0.39, 0.29) is 43.9 Å². The second kappa shape index (κ2) is 39.5. The first-order chi connectivity index (χ1) is 44.3.